The van der Waals surface area contributed by atoms with Crippen LogP contribution in [0.1, 0.15) is 25.2 Å². The van der Waals surface area contributed by atoms with E-state index in [1.165, 1.54) is 0 Å². The number of aromatic amines is 1. The summed E-state index contributed by atoms with van der Waals surface area (Å²) in [5, 5.41) is 16.1. The molecular formula is C11H14N4O. The normalized spacial score (nSPS) is 11.6. The average molecular weight is 218 g/mol. The van der Waals surface area contributed by atoms with Crippen LogP contribution in [-0.4, -0.2) is 20.3 Å². The van der Waals surface area contributed by atoms with E-state index in [9.17, 15) is 5.11 Å². The fourth-order valence-electron chi connectivity index (χ4n) is 1.59. The Kier molecular flexibility index (Phi) is 2.30. The molecule has 0 amide bonds. The maximum absolute atomic E-state index is 9.46. The molecule has 5 nitrogen and oxygen atoms in total. The number of nitrogens with zero attached hydrogens (tertiary/aromatic N) is 2. The van der Waals surface area contributed by atoms with E-state index >= 15 is 0 Å². The maximum Gasteiger partial charge on any atom is 0.239 e. The zero-order valence-corrected chi connectivity index (χ0v) is 9.23. The number of H-pyrrole nitrogens is 1. The quantitative estimate of drug-likeness (QED) is 0.711. The van der Waals surface area contributed by atoms with Crippen molar-refractivity contribution >= 4 is 5.95 Å². The van der Waals surface area contributed by atoms with Gasteiger partial charge in [-0.05, 0) is 31.5 Å². The van der Waals surface area contributed by atoms with Crippen molar-refractivity contribution in [2.75, 3.05) is 5.73 Å². The molecule has 5 heteroatoms. The SMILES string of the molecule is CC(C)(c1cccc(O)c1)c1nc(N)n[nH]1. The number of nitrogen functional groups attached to an aromatic ring is 1. The summed E-state index contributed by atoms with van der Waals surface area (Å²) in [6.45, 7) is 3.98. The van der Waals surface area contributed by atoms with E-state index in [1.807, 2.05) is 19.9 Å². The minimum absolute atomic E-state index is 0.225. The van der Waals surface area contributed by atoms with Crippen LogP contribution in [0.4, 0.5) is 5.95 Å². The van der Waals surface area contributed by atoms with Crippen molar-refractivity contribution < 1.29 is 5.11 Å². The van der Waals surface area contributed by atoms with E-state index < -0.39 is 0 Å². The second-order valence-electron chi connectivity index (χ2n) is 4.22. The van der Waals surface area contributed by atoms with Gasteiger partial charge >= 0.3 is 0 Å². The Morgan fingerprint density at radius 2 is 2.12 bits per heavy atom. The van der Waals surface area contributed by atoms with Gasteiger partial charge in [-0.1, -0.05) is 12.1 Å². The van der Waals surface area contributed by atoms with Gasteiger partial charge in [-0.2, -0.15) is 4.98 Å². The number of anilines is 1. The van der Waals surface area contributed by atoms with E-state index in [-0.39, 0.29) is 17.1 Å². The Hall–Kier alpha value is -2.04. The van der Waals surface area contributed by atoms with Gasteiger partial charge < -0.3 is 10.8 Å². The van der Waals surface area contributed by atoms with Gasteiger partial charge in [0, 0.05) is 5.41 Å². The lowest BCUT2D eigenvalue weighted by Crippen LogP contribution is -2.20. The molecule has 16 heavy (non-hydrogen) atoms. The molecule has 0 aliphatic heterocycles. The highest BCUT2D eigenvalue weighted by molar-refractivity contribution is 5.37. The third kappa shape index (κ3) is 1.71. The van der Waals surface area contributed by atoms with Crippen LogP contribution in [-0.2, 0) is 5.41 Å². The van der Waals surface area contributed by atoms with E-state index in [0.29, 0.717) is 5.82 Å². The van der Waals surface area contributed by atoms with Crippen molar-refractivity contribution in [2.45, 2.75) is 19.3 Å². The van der Waals surface area contributed by atoms with Crippen molar-refractivity contribution in [3.05, 3.63) is 35.7 Å². The molecule has 2 aromatic rings. The van der Waals surface area contributed by atoms with Gasteiger partial charge in [-0.3, -0.25) is 5.10 Å². The molecule has 1 heterocycles. The molecule has 0 radical (unpaired) electrons. The zero-order chi connectivity index (χ0) is 11.8. The van der Waals surface area contributed by atoms with Crippen LogP contribution in [0.15, 0.2) is 24.3 Å². The summed E-state index contributed by atoms with van der Waals surface area (Å²) in [7, 11) is 0. The Morgan fingerprint density at radius 1 is 1.38 bits per heavy atom. The summed E-state index contributed by atoms with van der Waals surface area (Å²) in [6.07, 6.45) is 0. The Morgan fingerprint density at radius 3 is 2.69 bits per heavy atom. The van der Waals surface area contributed by atoms with E-state index in [0.717, 1.165) is 5.56 Å². The van der Waals surface area contributed by atoms with Crippen molar-refractivity contribution in [2.24, 2.45) is 0 Å². The number of nitrogens with two attached hydrogens (primary N) is 1. The second kappa shape index (κ2) is 3.52. The van der Waals surface area contributed by atoms with Crippen LogP contribution in [0, 0.1) is 0 Å². The van der Waals surface area contributed by atoms with Gasteiger partial charge in [-0.25, -0.2) is 0 Å². The molecule has 0 fully saturated rings. The van der Waals surface area contributed by atoms with Gasteiger partial charge in [0.1, 0.15) is 11.6 Å². The molecule has 0 aliphatic carbocycles. The lowest BCUT2D eigenvalue weighted by atomic mass is 9.84. The van der Waals surface area contributed by atoms with E-state index in [2.05, 4.69) is 15.2 Å². The highest BCUT2D eigenvalue weighted by atomic mass is 16.3. The minimum Gasteiger partial charge on any atom is -0.508 e. The first-order valence-electron chi connectivity index (χ1n) is 4.98. The number of hydrogen-bond donors (Lipinski definition) is 3. The smallest absolute Gasteiger partial charge is 0.239 e. The molecule has 0 spiro atoms. The molecular weight excluding hydrogens is 204 g/mol. The van der Waals surface area contributed by atoms with Crippen LogP contribution >= 0.6 is 0 Å². The van der Waals surface area contributed by atoms with Crippen molar-refractivity contribution in [1.82, 2.24) is 15.2 Å². The molecule has 0 atom stereocenters. The van der Waals surface area contributed by atoms with Crippen LogP contribution in [0.5, 0.6) is 5.75 Å². The number of nitrogens with one attached hydrogen (secondary N) is 1. The second-order valence-corrected chi connectivity index (χ2v) is 4.22. The number of phenols is 1. The molecule has 4 N–H and O–H groups in total. The largest absolute Gasteiger partial charge is 0.508 e. The van der Waals surface area contributed by atoms with Crippen molar-refractivity contribution in [3.8, 4) is 5.75 Å². The molecule has 1 aromatic heterocycles. The molecule has 0 aliphatic rings. The fraction of sp³-hybridized carbons (Fsp3) is 0.273. The molecule has 0 bridgehead atoms. The number of rotatable bonds is 2. The number of phenolic OH excluding ortho intramolecular Hbond substituents is 1. The summed E-state index contributed by atoms with van der Waals surface area (Å²) < 4.78 is 0. The summed E-state index contributed by atoms with van der Waals surface area (Å²) in [5.41, 5.74) is 6.06. The lowest BCUT2D eigenvalue weighted by Gasteiger charge is -2.22. The zero-order valence-electron chi connectivity index (χ0n) is 9.23. The van der Waals surface area contributed by atoms with Crippen LogP contribution in [0.3, 0.4) is 0 Å². The summed E-state index contributed by atoms with van der Waals surface area (Å²) in [5.74, 6) is 1.14. The average Bonchev–Trinajstić information content (AvgIpc) is 2.65. The Balaban J connectivity index is 2.46. The lowest BCUT2D eigenvalue weighted by molar-refractivity contribution is 0.471. The Labute approximate surface area is 93.3 Å². The number of hydrogen-bond acceptors (Lipinski definition) is 4. The van der Waals surface area contributed by atoms with E-state index in [1.54, 1.807) is 18.2 Å². The number of benzene rings is 1. The Bertz CT molecular complexity index is 504. The van der Waals surface area contributed by atoms with Gasteiger partial charge in [0.2, 0.25) is 5.95 Å². The highest BCUT2D eigenvalue weighted by Crippen LogP contribution is 2.30. The molecule has 1 aromatic carbocycles. The van der Waals surface area contributed by atoms with E-state index in [4.69, 9.17) is 5.73 Å². The van der Waals surface area contributed by atoms with Crippen LogP contribution in [0.25, 0.3) is 0 Å². The third-order valence-electron chi connectivity index (χ3n) is 2.66. The molecule has 0 unspecified atom stereocenters. The van der Waals surface area contributed by atoms with Crippen molar-refractivity contribution in [1.29, 1.82) is 0 Å². The summed E-state index contributed by atoms with van der Waals surface area (Å²) >= 11 is 0. The molecule has 84 valence electrons. The standard InChI is InChI=1S/C11H14N4O/c1-11(2,9-13-10(12)15-14-9)7-4-3-5-8(16)6-7/h3-6,16H,1-2H3,(H3,12,13,14,15). The highest BCUT2D eigenvalue weighted by Gasteiger charge is 2.27. The maximum atomic E-state index is 9.46. The van der Waals surface area contributed by atoms with Gasteiger partial charge in [0.25, 0.3) is 0 Å². The van der Waals surface area contributed by atoms with Gasteiger partial charge in [-0.15, -0.1) is 5.10 Å². The number of aromatic hydroxyl groups is 1. The first kappa shape index (κ1) is 10.5. The summed E-state index contributed by atoms with van der Waals surface area (Å²) in [6, 6.07) is 7.07. The van der Waals surface area contributed by atoms with Crippen LogP contribution < -0.4 is 5.73 Å². The first-order valence-corrected chi connectivity index (χ1v) is 4.98. The summed E-state index contributed by atoms with van der Waals surface area (Å²) in [4.78, 5) is 4.12. The predicted octanol–water partition coefficient (Wildman–Crippen LogP) is 1.42. The van der Waals surface area contributed by atoms with Gasteiger partial charge in [0.05, 0.1) is 0 Å². The third-order valence-corrected chi connectivity index (χ3v) is 2.66. The van der Waals surface area contributed by atoms with Gasteiger partial charge in [0.15, 0.2) is 0 Å². The van der Waals surface area contributed by atoms with Crippen molar-refractivity contribution in [3.63, 3.8) is 0 Å². The number of aromatic nitrogens is 3. The minimum atomic E-state index is -0.372. The molecule has 2 rings (SSSR count). The molecule has 0 saturated carbocycles. The molecule has 0 saturated heterocycles. The topological polar surface area (TPSA) is 87.8 Å². The predicted molar refractivity (Wildman–Crippen MR) is 61.0 cm³/mol. The van der Waals surface area contributed by atoms with Crippen LogP contribution in [0.2, 0.25) is 0 Å². The first-order chi connectivity index (χ1) is 7.50. The fourth-order valence-corrected chi connectivity index (χ4v) is 1.59. The monoisotopic (exact) mass is 218 g/mol.